The van der Waals surface area contributed by atoms with Gasteiger partial charge in [0, 0.05) is 23.3 Å². The summed E-state index contributed by atoms with van der Waals surface area (Å²) in [6, 6.07) is 10.2. The molecular formula is C28H29ClFN7. The molecule has 1 aliphatic rings. The Labute approximate surface area is 222 Å². The highest BCUT2D eigenvalue weighted by atomic mass is 35.5. The van der Waals surface area contributed by atoms with Crippen LogP contribution in [0, 0.1) is 22.6 Å². The van der Waals surface area contributed by atoms with Gasteiger partial charge in [-0.15, -0.1) is 5.10 Å². The third-order valence-corrected chi connectivity index (χ3v) is 7.08. The van der Waals surface area contributed by atoms with E-state index in [0.717, 1.165) is 12.8 Å². The number of nitrogens with zero attached hydrogens (tertiary/aromatic N) is 5. The highest BCUT2D eigenvalue weighted by Gasteiger charge is 2.27. The van der Waals surface area contributed by atoms with Gasteiger partial charge in [-0.1, -0.05) is 49.7 Å². The van der Waals surface area contributed by atoms with E-state index in [-0.39, 0.29) is 17.5 Å². The van der Waals surface area contributed by atoms with Gasteiger partial charge >= 0.3 is 0 Å². The van der Waals surface area contributed by atoms with Gasteiger partial charge in [0.1, 0.15) is 17.6 Å². The molecular weight excluding hydrogens is 489 g/mol. The van der Waals surface area contributed by atoms with Crippen LogP contribution in [-0.2, 0) is 0 Å². The maximum absolute atomic E-state index is 13.8. The number of hydrogen-bond acceptors (Lipinski definition) is 6. The molecule has 1 fully saturated rings. The molecule has 2 aromatic heterocycles. The number of anilines is 2. The van der Waals surface area contributed by atoms with E-state index >= 15 is 0 Å². The molecule has 4 aromatic rings. The molecule has 0 saturated heterocycles. The summed E-state index contributed by atoms with van der Waals surface area (Å²) in [6.07, 6.45) is 5.32. The second-order valence-corrected chi connectivity index (χ2v) is 11.0. The van der Waals surface area contributed by atoms with Crippen molar-refractivity contribution in [1.82, 2.24) is 20.0 Å². The topological polar surface area (TPSA) is 91.5 Å². The molecule has 0 aliphatic heterocycles. The van der Waals surface area contributed by atoms with Crippen LogP contribution in [0.1, 0.15) is 70.8 Å². The first-order valence-electron chi connectivity index (χ1n) is 12.7. The fraction of sp³-hybridized carbons (Fsp3) is 0.357. The molecule has 7 nitrogen and oxygen atoms in total. The quantitative estimate of drug-likeness (QED) is 0.277. The van der Waals surface area contributed by atoms with Crippen molar-refractivity contribution in [3.63, 3.8) is 0 Å². The van der Waals surface area contributed by atoms with Gasteiger partial charge in [-0.25, -0.2) is 9.07 Å². The molecule has 190 valence electrons. The number of aromatic nitrogens is 4. The molecule has 5 rings (SSSR count). The monoisotopic (exact) mass is 518 g/mol. The second-order valence-electron chi connectivity index (χ2n) is 10.6. The van der Waals surface area contributed by atoms with Gasteiger partial charge in [-0.05, 0) is 55.0 Å². The Balaban J connectivity index is 1.63. The Bertz CT molecular complexity index is 1540. The third kappa shape index (κ3) is 5.23. The maximum Gasteiger partial charge on any atom is 0.123 e. The summed E-state index contributed by atoms with van der Waals surface area (Å²) >= 11 is 6.70. The average Bonchev–Trinajstić information content (AvgIpc) is 3.59. The lowest BCUT2D eigenvalue weighted by atomic mass is 9.87. The van der Waals surface area contributed by atoms with Gasteiger partial charge in [0.25, 0.3) is 0 Å². The maximum atomic E-state index is 13.8. The molecule has 9 heteroatoms. The minimum absolute atomic E-state index is 0.0301. The summed E-state index contributed by atoms with van der Waals surface area (Å²) in [7, 11) is 0. The summed E-state index contributed by atoms with van der Waals surface area (Å²) in [5.41, 5.74) is 2.86. The molecule has 2 heterocycles. The number of benzene rings is 2. The Morgan fingerprint density at radius 1 is 1.22 bits per heavy atom. The molecule has 2 atom stereocenters. The van der Waals surface area contributed by atoms with Gasteiger partial charge in [0.2, 0.25) is 0 Å². The van der Waals surface area contributed by atoms with Crippen LogP contribution >= 0.6 is 11.6 Å². The van der Waals surface area contributed by atoms with Crippen molar-refractivity contribution < 1.29 is 5.76 Å². The summed E-state index contributed by atoms with van der Waals surface area (Å²) in [6.45, 7) is 8.41. The van der Waals surface area contributed by atoms with Crippen LogP contribution in [-0.4, -0.2) is 26.0 Å². The molecule has 0 radical (unpaired) electrons. The van der Waals surface area contributed by atoms with E-state index in [4.69, 9.17) is 11.6 Å². The third-order valence-electron chi connectivity index (χ3n) is 6.79. The SMILES string of the molecule is [2H][C@@](Nc1cc(Cl)c2ncc(C#N)c(N[C@H](C)C(C)(C)C)c2c1)(c1ccc(F)cc1)c1cn(C2CC2)nn1. The van der Waals surface area contributed by atoms with Crippen molar-refractivity contribution in [2.75, 3.05) is 10.6 Å². The number of hydrogen-bond donors (Lipinski definition) is 2. The molecule has 0 amide bonds. The van der Waals surface area contributed by atoms with Crippen LogP contribution in [0.2, 0.25) is 5.02 Å². The first kappa shape index (κ1) is 23.7. The van der Waals surface area contributed by atoms with E-state index in [1.165, 1.54) is 18.3 Å². The van der Waals surface area contributed by atoms with E-state index in [9.17, 15) is 11.0 Å². The van der Waals surface area contributed by atoms with Crippen molar-refractivity contribution in [2.24, 2.45) is 5.41 Å². The van der Waals surface area contributed by atoms with E-state index in [2.05, 4.69) is 59.7 Å². The Kier molecular flexibility index (Phi) is 6.17. The number of nitriles is 1. The lowest BCUT2D eigenvalue weighted by Crippen LogP contribution is -2.31. The summed E-state index contributed by atoms with van der Waals surface area (Å²) < 4.78 is 25.1. The zero-order valence-electron chi connectivity index (χ0n) is 22.2. The molecule has 0 spiro atoms. The smallest absolute Gasteiger partial charge is 0.123 e. The van der Waals surface area contributed by atoms with Crippen LogP contribution in [0.25, 0.3) is 10.9 Å². The molecule has 0 bridgehead atoms. The normalized spacial score (nSPS) is 16.5. The van der Waals surface area contributed by atoms with Crippen molar-refractivity contribution in [3.05, 3.63) is 76.5 Å². The summed E-state index contributed by atoms with van der Waals surface area (Å²) in [5.74, 6) is -0.398. The largest absolute Gasteiger partial charge is 0.380 e. The molecule has 2 aromatic carbocycles. The van der Waals surface area contributed by atoms with Crippen molar-refractivity contribution in [3.8, 4) is 6.07 Å². The second kappa shape index (κ2) is 9.64. The van der Waals surface area contributed by atoms with Gasteiger partial charge in [-0.2, -0.15) is 5.26 Å². The lowest BCUT2D eigenvalue weighted by molar-refractivity contribution is 0.359. The number of rotatable bonds is 7. The van der Waals surface area contributed by atoms with Gasteiger partial charge in [0.05, 0.1) is 41.4 Å². The number of fused-ring (bicyclic) bond motifs is 1. The van der Waals surface area contributed by atoms with Crippen LogP contribution in [0.15, 0.2) is 48.8 Å². The zero-order valence-corrected chi connectivity index (χ0v) is 21.9. The molecule has 0 unspecified atom stereocenters. The highest BCUT2D eigenvalue weighted by molar-refractivity contribution is 6.35. The lowest BCUT2D eigenvalue weighted by Gasteiger charge is -2.30. The fourth-order valence-electron chi connectivity index (χ4n) is 3.96. The summed E-state index contributed by atoms with van der Waals surface area (Å²) in [4.78, 5) is 4.44. The van der Waals surface area contributed by atoms with Crippen molar-refractivity contribution in [2.45, 2.75) is 58.6 Å². The van der Waals surface area contributed by atoms with Crippen LogP contribution < -0.4 is 10.6 Å². The van der Waals surface area contributed by atoms with Crippen LogP contribution in [0.3, 0.4) is 0 Å². The number of pyridine rings is 1. The predicted octanol–water partition coefficient (Wildman–Crippen LogP) is 6.87. The number of halogens is 2. The molecule has 37 heavy (non-hydrogen) atoms. The first-order chi connectivity index (χ1) is 18.0. The van der Waals surface area contributed by atoms with Gasteiger partial charge in [0.15, 0.2) is 0 Å². The van der Waals surface area contributed by atoms with E-state index in [1.807, 2.05) is 6.07 Å². The standard InChI is InChI=1S/C28H29ClFN7/c1-16(28(2,3)4)33-25-18(13-31)14-32-27-22(25)11-20(12-23(27)29)34-26(17-5-7-19(30)8-6-17)24-15-37(36-35-24)21-9-10-21/h5-8,11-12,14-16,21,26,34H,9-10H2,1-4H3,(H,32,33)/t16-,26-/m1/s1/i26D. The minimum atomic E-state index is -1.59. The van der Waals surface area contributed by atoms with E-state index in [0.29, 0.717) is 44.1 Å². The average molecular weight is 519 g/mol. The van der Waals surface area contributed by atoms with Crippen LogP contribution in [0.4, 0.5) is 15.8 Å². The Morgan fingerprint density at radius 2 is 1.95 bits per heavy atom. The van der Waals surface area contributed by atoms with Crippen molar-refractivity contribution in [1.29, 1.82) is 5.26 Å². The highest BCUT2D eigenvalue weighted by Crippen LogP contribution is 2.38. The minimum Gasteiger partial charge on any atom is -0.380 e. The Morgan fingerprint density at radius 3 is 2.59 bits per heavy atom. The predicted molar refractivity (Wildman–Crippen MR) is 144 cm³/mol. The molecule has 1 aliphatic carbocycles. The number of nitrogens with one attached hydrogen (secondary N) is 2. The van der Waals surface area contributed by atoms with Crippen LogP contribution in [0.5, 0.6) is 0 Å². The van der Waals surface area contributed by atoms with E-state index < -0.39 is 11.8 Å². The molecule has 1 saturated carbocycles. The van der Waals surface area contributed by atoms with Crippen molar-refractivity contribution >= 4 is 33.9 Å². The van der Waals surface area contributed by atoms with E-state index in [1.54, 1.807) is 29.1 Å². The Hall–Kier alpha value is -3.70. The van der Waals surface area contributed by atoms with Gasteiger partial charge < -0.3 is 10.6 Å². The van der Waals surface area contributed by atoms with Gasteiger partial charge in [-0.3, -0.25) is 4.98 Å². The zero-order chi connectivity index (χ0) is 27.2. The first-order valence-corrected chi connectivity index (χ1v) is 12.6. The molecule has 2 N–H and O–H groups in total. The fourth-order valence-corrected chi connectivity index (χ4v) is 4.23. The summed E-state index contributed by atoms with van der Waals surface area (Å²) in [5, 5.41) is 26.2.